The molecule has 0 spiro atoms. The van der Waals surface area contributed by atoms with Crippen LogP contribution in [0.25, 0.3) is 0 Å². The number of aryl methyl sites for hydroxylation is 1. The summed E-state index contributed by atoms with van der Waals surface area (Å²) in [5, 5.41) is 2.95. The fourth-order valence-corrected chi connectivity index (χ4v) is 3.11. The third kappa shape index (κ3) is 2.47. The second-order valence-electron chi connectivity index (χ2n) is 5.85. The predicted molar refractivity (Wildman–Crippen MR) is 85.0 cm³/mol. The Hall–Kier alpha value is -2.30. The smallest absolute Gasteiger partial charge is 0.328 e. The molecule has 0 unspecified atom stereocenters. The van der Waals surface area contributed by atoms with Crippen LogP contribution < -0.4 is 11.0 Å². The van der Waals surface area contributed by atoms with Crippen LogP contribution in [0, 0.1) is 6.92 Å². The van der Waals surface area contributed by atoms with Crippen LogP contribution in [0.5, 0.6) is 0 Å². The summed E-state index contributed by atoms with van der Waals surface area (Å²) in [6.45, 7) is 3.22. The molecule has 5 nitrogen and oxygen atoms in total. The van der Waals surface area contributed by atoms with Crippen LogP contribution in [0.15, 0.2) is 29.1 Å². The molecule has 2 heterocycles. The Balaban J connectivity index is 1.84. The summed E-state index contributed by atoms with van der Waals surface area (Å²) in [6.07, 6.45) is 2.83. The number of amides is 1. The lowest BCUT2D eigenvalue weighted by atomic mass is 10.1. The number of rotatable bonds is 3. The number of fused-ring (bicyclic) bond motifs is 1. The predicted octanol–water partition coefficient (Wildman–Crippen LogP) is 1.76. The number of hydrogen-bond acceptors (Lipinski definition) is 2. The molecule has 3 rings (SSSR count). The van der Waals surface area contributed by atoms with Crippen molar-refractivity contribution in [3.63, 3.8) is 0 Å². The first-order valence-electron chi connectivity index (χ1n) is 7.70. The maximum atomic E-state index is 12.6. The van der Waals surface area contributed by atoms with Gasteiger partial charge in [0.25, 0.3) is 5.91 Å². The van der Waals surface area contributed by atoms with E-state index in [9.17, 15) is 9.59 Å². The standard InChI is InChI=1S/C17H21N3O2/c1-12-7-3-4-8-13(12)11-18-16(21)15-14-9-5-6-10-20(14)17(22)19(15)2/h3-4,7-8H,5-6,9-11H2,1-2H3,(H,18,21). The molecule has 0 aliphatic carbocycles. The number of nitrogens with zero attached hydrogens (tertiary/aromatic N) is 2. The van der Waals surface area contributed by atoms with Crippen molar-refractivity contribution in [2.75, 3.05) is 0 Å². The van der Waals surface area contributed by atoms with E-state index in [-0.39, 0.29) is 11.6 Å². The lowest BCUT2D eigenvalue weighted by Gasteiger charge is -2.14. The van der Waals surface area contributed by atoms with Gasteiger partial charge in [-0.1, -0.05) is 24.3 Å². The summed E-state index contributed by atoms with van der Waals surface area (Å²) in [5.41, 5.74) is 3.54. The van der Waals surface area contributed by atoms with Gasteiger partial charge in [-0.15, -0.1) is 0 Å². The fraction of sp³-hybridized carbons (Fsp3) is 0.412. The number of aromatic nitrogens is 2. The number of imidazole rings is 1. The van der Waals surface area contributed by atoms with Crippen LogP contribution in [0.2, 0.25) is 0 Å². The van der Waals surface area contributed by atoms with Gasteiger partial charge >= 0.3 is 5.69 Å². The van der Waals surface area contributed by atoms with E-state index in [1.807, 2.05) is 31.2 Å². The van der Waals surface area contributed by atoms with Crippen LogP contribution in [0.1, 0.15) is 40.2 Å². The SMILES string of the molecule is Cc1ccccc1CNC(=O)c1c2n(c(=O)n1C)CCCC2. The molecular weight excluding hydrogens is 278 g/mol. The Bertz CT molecular complexity index is 771. The summed E-state index contributed by atoms with van der Waals surface area (Å²) < 4.78 is 3.22. The highest BCUT2D eigenvalue weighted by atomic mass is 16.2. The molecule has 0 bridgehead atoms. The second kappa shape index (κ2) is 5.83. The number of carbonyl (C=O) groups is 1. The molecule has 2 aromatic rings. The van der Waals surface area contributed by atoms with E-state index >= 15 is 0 Å². The molecule has 1 aliphatic rings. The van der Waals surface area contributed by atoms with Crippen LogP contribution >= 0.6 is 0 Å². The molecule has 0 atom stereocenters. The molecular formula is C17H21N3O2. The van der Waals surface area contributed by atoms with Gasteiger partial charge in [-0.2, -0.15) is 0 Å². The molecule has 116 valence electrons. The minimum absolute atomic E-state index is 0.0873. The van der Waals surface area contributed by atoms with Crippen molar-refractivity contribution in [2.45, 2.75) is 39.3 Å². The highest BCUT2D eigenvalue weighted by Gasteiger charge is 2.24. The van der Waals surface area contributed by atoms with Crippen molar-refractivity contribution in [1.29, 1.82) is 0 Å². The van der Waals surface area contributed by atoms with E-state index in [2.05, 4.69) is 5.32 Å². The van der Waals surface area contributed by atoms with Gasteiger partial charge in [0.05, 0.1) is 5.69 Å². The van der Waals surface area contributed by atoms with Crippen LogP contribution in [0.4, 0.5) is 0 Å². The fourth-order valence-electron chi connectivity index (χ4n) is 3.11. The lowest BCUT2D eigenvalue weighted by Crippen LogP contribution is -2.28. The normalized spacial score (nSPS) is 13.7. The zero-order chi connectivity index (χ0) is 15.7. The highest BCUT2D eigenvalue weighted by Crippen LogP contribution is 2.17. The number of carbonyl (C=O) groups excluding carboxylic acids is 1. The zero-order valence-corrected chi connectivity index (χ0v) is 13.1. The Labute approximate surface area is 129 Å². The van der Waals surface area contributed by atoms with Crippen LogP contribution in [-0.4, -0.2) is 15.0 Å². The van der Waals surface area contributed by atoms with E-state index < -0.39 is 0 Å². The molecule has 5 heteroatoms. The van der Waals surface area contributed by atoms with E-state index in [4.69, 9.17) is 0 Å². The maximum Gasteiger partial charge on any atom is 0.328 e. The Morgan fingerprint density at radius 1 is 1.27 bits per heavy atom. The van der Waals surface area contributed by atoms with E-state index in [1.165, 1.54) is 4.57 Å². The van der Waals surface area contributed by atoms with Crippen LogP contribution in [-0.2, 0) is 26.6 Å². The van der Waals surface area contributed by atoms with Crippen LogP contribution in [0.3, 0.4) is 0 Å². The molecule has 0 fully saturated rings. The first kappa shape index (κ1) is 14.6. The third-order valence-corrected chi connectivity index (χ3v) is 4.41. The summed E-state index contributed by atoms with van der Waals surface area (Å²) in [7, 11) is 1.68. The van der Waals surface area contributed by atoms with Gasteiger partial charge in [-0.05, 0) is 37.3 Å². The van der Waals surface area contributed by atoms with Gasteiger partial charge < -0.3 is 5.32 Å². The monoisotopic (exact) mass is 299 g/mol. The summed E-state index contributed by atoms with van der Waals surface area (Å²) in [6, 6.07) is 7.97. The first-order chi connectivity index (χ1) is 10.6. The molecule has 1 aromatic carbocycles. The largest absolute Gasteiger partial charge is 0.347 e. The molecule has 1 amide bonds. The summed E-state index contributed by atoms with van der Waals surface area (Å²) in [4.78, 5) is 24.8. The van der Waals surface area contributed by atoms with E-state index in [0.717, 1.165) is 36.1 Å². The van der Waals surface area contributed by atoms with Gasteiger partial charge in [0.1, 0.15) is 5.69 Å². The zero-order valence-electron chi connectivity index (χ0n) is 13.1. The minimum Gasteiger partial charge on any atom is -0.347 e. The Morgan fingerprint density at radius 3 is 2.82 bits per heavy atom. The number of hydrogen-bond donors (Lipinski definition) is 1. The van der Waals surface area contributed by atoms with Crippen molar-refractivity contribution < 1.29 is 4.79 Å². The average Bonchev–Trinajstić information content (AvgIpc) is 2.78. The highest BCUT2D eigenvalue weighted by molar-refractivity contribution is 5.93. The first-order valence-corrected chi connectivity index (χ1v) is 7.70. The van der Waals surface area contributed by atoms with Gasteiger partial charge in [0, 0.05) is 20.1 Å². The molecule has 1 N–H and O–H groups in total. The van der Waals surface area contributed by atoms with Crippen molar-refractivity contribution >= 4 is 5.91 Å². The third-order valence-electron chi connectivity index (χ3n) is 4.41. The lowest BCUT2D eigenvalue weighted by molar-refractivity contribution is 0.0941. The average molecular weight is 299 g/mol. The minimum atomic E-state index is -0.168. The molecule has 0 radical (unpaired) electrons. The van der Waals surface area contributed by atoms with Gasteiger partial charge in [0.2, 0.25) is 0 Å². The van der Waals surface area contributed by atoms with E-state index in [1.54, 1.807) is 11.6 Å². The van der Waals surface area contributed by atoms with Crippen molar-refractivity contribution in [3.05, 3.63) is 57.3 Å². The molecule has 0 saturated carbocycles. The maximum absolute atomic E-state index is 12.6. The quantitative estimate of drug-likeness (QED) is 0.939. The number of benzene rings is 1. The van der Waals surface area contributed by atoms with Crippen molar-refractivity contribution in [2.24, 2.45) is 7.05 Å². The second-order valence-corrected chi connectivity index (χ2v) is 5.85. The molecule has 0 saturated heterocycles. The van der Waals surface area contributed by atoms with Crippen molar-refractivity contribution in [1.82, 2.24) is 14.5 Å². The Morgan fingerprint density at radius 2 is 2.05 bits per heavy atom. The Kier molecular flexibility index (Phi) is 3.88. The summed E-state index contributed by atoms with van der Waals surface area (Å²) >= 11 is 0. The molecule has 22 heavy (non-hydrogen) atoms. The van der Waals surface area contributed by atoms with Crippen molar-refractivity contribution in [3.8, 4) is 0 Å². The molecule has 1 aromatic heterocycles. The topological polar surface area (TPSA) is 56.0 Å². The van der Waals surface area contributed by atoms with E-state index in [0.29, 0.717) is 18.8 Å². The summed E-state index contributed by atoms with van der Waals surface area (Å²) in [5.74, 6) is -0.168. The molecule has 1 aliphatic heterocycles. The van der Waals surface area contributed by atoms with Gasteiger partial charge in [-0.3, -0.25) is 13.9 Å². The van der Waals surface area contributed by atoms with Gasteiger partial charge in [0.15, 0.2) is 0 Å². The van der Waals surface area contributed by atoms with Gasteiger partial charge in [-0.25, -0.2) is 4.79 Å². The number of nitrogens with one attached hydrogen (secondary N) is 1.